The van der Waals surface area contributed by atoms with Crippen LogP contribution >= 0.6 is 0 Å². The molecule has 0 spiro atoms. The lowest BCUT2D eigenvalue weighted by Gasteiger charge is -2.16. The second-order valence-electron chi connectivity index (χ2n) is 6.05. The molecule has 1 atom stereocenters. The maximum Gasteiger partial charge on any atom is 0.416 e. The van der Waals surface area contributed by atoms with Gasteiger partial charge in [0.1, 0.15) is 18.5 Å². The number of nitrogens with zero attached hydrogens (tertiary/aromatic N) is 1. The van der Waals surface area contributed by atoms with Crippen molar-refractivity contribution in [3.8, 4) is 5.75 Å². The van der Waals surface area contributed by atoms with Gasteiger partial charge in [0.25, 0.3) is 0 Å². The van der Waals surface area contributed by atoms with Gasteiger partial charge in [0.05, 0.1) is 12.1 Å². The Balaban J connectivity index is 1.83. The second kappa shape index (κ2) is 10.6. The summed E-state index contributed by atoms with van der Waals surface area (Å²) in [6.45, 7) is 3.04. The molecule has 0 radical (unpaired) electrons. The molecule has 0 aliphatic carbocycles. The molecule has 28 heavy (non-hydrogen) atoms. The fourth-order valence-electron chi connectivity index (χ4n) is 2.32. The molecule has 0 amide bonds. The van der Waals surface area contributed by atoms with Crippen LogP contribution in [0.5, 0.6) is 5.75 Å². The summed E-state index contributed by atoms with van der Waals surface area (Å²) in [6, 6.07) is 14.3. The van der Waals surface area contributed by atoms with Gasteiger partial charge < -0.3 is 20.5 Å². The van der Waals surface area contributed by atoms with E-state index in [2.05, 4.69) is 15.6 Å². The first-order valence-electron chi connectivity index (χ1n) is 8.92. The number of halogens is 3. The Labute approximate surface area is 162 Å². The van der Waals surface area contributed by atoms with Crippen molar-refractivity contribution in [2.24, 2.45) is 4.99 Å². The Hall–Kier alpha value is -2.74. The average Bonchev–Trinajstić information content (AvgIpc) is 2.69. The van der Waals surface area contributed by atoms with Gasteiger partial charge in [-0.1, -0.05) is 36.4 Å². The smallest absolute Gasteiger partial charge is 0.416 e. The minimum absolute atomic E-state index is 0.0542. The number of rotatable bonds is 8. The summed E-state index contributed by atoms with van der Waals surface area (Å²) in [5.41, 5.74) is 0.258. The Morgan fingerprint density at radius 1 is 1.11 bits per heavy atom. The van der Waals surface area contributed by atoms with Crippen LogP contribution in [-0.4, -0.2) is 36.9 Å². The number of benzene rings is 2. The van der Waals surface area contributed by atoms with Crippen LogP contribution in [0.2, 0.25) is 0 Å². The zero-order valence-electron chi connectivity index (χ0n) is 15.5. The number of hydrogen-bond acceptors (Lipinski definition) is 3. The predicted octanol–water partition coefficient (Wildman–Crippen LogP) is 3.20. The molecule has 5 nitrogen and oxygen atoms in total. The van der Waals surface area contributed by atoms with E-state index >= 15 is 0 Å². The van der Waals surface area contributed by atoms with E-state index in [1.807, 2.05) is 37.3 Å². The van der Waals surface area contributed by atoms with Crippen LogP contribution in [0.25, 0.3) is 0 Å². The Morgan fingerprint density at radius 3 is 2.54 bits per heavy atom. The highest BCUT2D eigenvalue weighted by molar-refractivity contribution is 5.79. The van der Waals surface area contributed by atoms with Crippen molar-refractivity contribution in [3.05, 3.63) is 65.7 Å². The minimum atomic E-state index is -4.44. The molecule has 0 saturated carbocycles. The van der Waals surface area contributed by atoms with E-state index in [4.69, 9.17) is 4.74 Å². The number of aliphatic hydroxyl groups excluding tert-OH is 1. The van der Waals surface area contributed by atoms with Gasteiger partial charge in [-0.2, -0.15) is 13.2 Å². The van der Waals surface area contributed by atoms with E-state index in [1.54, 1.807) is 0 Å². The number of ether oxygens (including phenoxy) is 1. The van der Waals surface area contributed by atoms with Crippen LogP contribution in [0.4, 0.5) is 13.2 Å². The molecule has 0 saturated heterocycles. The molecule has 3 N–H and O–H groups in total. The molecule has 152 valence electrons. The summed E-state index contributed by atoms with van der Waals surface area (Å²) < 4.78 is 43.4. The maximum atomic E-state index is 12.7. The molecule has 0 bridgehead atoms. The number of alkyl halides is 3. The van der Waals surface area contributed by atoms with Crippen LogP contribution in [0, 0.1) is 0 Å². The van der Waals surface area contributed by atoms with Crippen molar-refractivity contribution in [1.82, 2.24) is 10.6 Å². The quantitative estimate of drug-likeness (QED) is 0.474. The standard InChI is InChI=1S/C20H24F3N3O2/c1-2-24-19(25-12-15-7-4-3-5-8-15)26-13-17(27)14-28-18-10-6-9-16(11-18)20(21,22)23/h3-11,17,27H,2,12-14H2,1H3,(H2,24,25,26). The zero-order chi connectivity index (χ0) is 20.4. The molecule has 2 rings (SSSR count). The van der Waals surface area contributed by atoms with Gasteiger partial charge in [-0.15, -0.1) is 0 Å². The summed E-state index contributed by atoms with van der Waals surface area (Å²) >= 11 is 0. The topological polar surface area (TPSA) is 65.9 Å². The highest BCUT2D eigenvalue weighted by atomic mass is 19.4. The van der Waals surface area contributed by atoms with Crippen LogP contribution in [0.3, 0.4) is 0 Å². The Morgan fingerprint density at radius 2 is 1.86 bits per heavy atom. The Kier molecular flexibility index (Phi) is 8.13. The zero-order valence-corrected chi connectivity index (χ0v) is 15.5. The molecule has 0 heterocycles. The van der Waals surface area contributed by atoms with Gasteiger partial charge in [-0.3, -0.25) is 0 Å². The average molecular weight is 395 g/mol. The first-order valence-corrected chi connectivity index (χ1v) is 8.92. The van der Waals surface area contributed by atoms with Crippen molar-refractivity contribution in [1.29, 1.82) is 0 Å². The third kappa shape index (κ3) is 7.48. The molecule has 8 heteroatoms. The molecular weight excluding hydrogens is 371 g/mol. The van der Waals surface area contributed by atoms with Crippen molar-refractivity contribution < 1.29 is 23.0 Å². The van der Waals surface area contributed by atoms with E-state index < -0.39 is 17.8 Å². The van der Waals surface area contributed by atoms with E-state index in [0.717, 1.165) is 17.7 Å². The van der Waals surface area contributed by atoms with E-state index in [-0.39, 0.29) is 18.9 Å². The largest absolute Gasteiger partial charge is 0.491 e. The van der Waals surface area contributed by atoms with Gasteiger partial charge in [0.15, 0.2) is 5.96 Å². The van der Waals surface area contributed by atoms with Gasteiger partial charge in [0, 0.05) is 13.1 Å². The highest BCUT2D eigenvalue weighted by Gasteiger charge is 2.30. The molecule has 2 aromatic rings. The summed E-state index contributed by atoms with van der Waals surface area (Å²) in [4.78, 5) is 4.43. The highest BCUT2D eigenvalue weighted by Crippen LogP contribution is 2.31. The normalized spacial score (nSPS) is 13.1. The molecule has 1 unspecified atom stereocenters. The lowest BCUT2D eigenvalue weighted by Crippen LogP contribution is -2.42. The third-order valence-electron chi connectivity index (χ3n) is 3.72. The van der Waals surface area contributed by atoms with Crippen LogP contribution in [0.1, 0.15) is 18.1 Å². The number of aliphatic imine (C=N–C) groups is 1. The van der Waals surface area contributed by atoms with E-state index in [0.29, 0.717) is 19.0 Å². The van der Waals surface area contributed by atoms with Gasteiger partial charge in [-0.25, -0.2) is 4.99 Å². The second-order valence-corrected chi connectivity index (χ2v) is 6.05. The molecule has 0 aliphatic heterocycles. The molecule has 2 aromatic carbocycles. The summed E-state index contributed by atoms with van der Waals surface area (Å²) in [7, 11) is 0. The fraction of sp³-hybridized carbons (Fsp3) is 0.350. The fourth-order valence-corrected chi connectivity index (χ4v) is 2.32. The monoisotopic (exact) mass is 395 g/mol. The summed E-state index contributed by atoms with van der Waals surface area (Å²) in [5, 5.41) is 16.1. The number of guanidine groups is 1. The van der Waals surface area contributed by atoms with E-state index in [9.17, 15) is 18.3 Å². The third-order valence-corrected chi connectivity index (χ3v) is 3.72. The van der Waals surface area contributed by atoms with Gasteiger partial charge in [-0.05, 0) is 30.7 Å². The first-order chi connectivity index (χ1) is 13.4. The SMILES string of the molecule is CCNC(=NCc1ccccc1)NCC(O)COc1cccc(C(F)(F)F)c1. The van der Waals surface area contributed by atoms with Crippen LogP contribution in [-0.2, 0) is 12.7 Å². The van der Waals surface area contributed by atoms with Crippen molar-refractivity contribution in [3.63, 3.8) is 0 Å². The number of hydrogen-bond donors (Lipinski definition) is 3. The summed E-state index contributed by atoms with van der Waals surface area (Å²) in [5.74, 6) is 0.586. The number of nitrogens with one attached hydrogen (secondary N) is 2. The molecular formula is C20H24F3N3O2. The summed E-state index contributed by atoms with van der Waals surface area (Å²) in [6.07, 6.45) is -5.36. The van der Waals surface area contributed by atoms with Crippen LogP contribution < -0.4 is 15.4 Å². The number of aliphatic hydroxyl groups is 1. The van der Waals surface area contributed by atoms with Crippen molar-refractivity contribution in [2.75, 3.05) is 19.7 Å². The molecule has 0 fully saturated rings. The Bertz CT molecular complexity index is 752. The van der Waals surface area contributed by atoms with Crippen molar-refractivity contribution in [2.45, 2.75) is 25.7 Å². The minimum Gasteiger partial charge on any atom is -0.491 e. The van der Waals surface area contributed by atoms with Gasteiger partial charge >= 0.3 is 6.18 Å². The van der Waals surface area contributed by atoms with Gasteiger partial charge in [0.2, 0.25) is 0 Å². The first kappa shape index (κ1) is 21.6. The molecule has 0 aliphatic rings. The van der Waals surface area contributed by atoms with E-state index in [1.165, 1.54) is 12.1 Å². The maximum absolute atomic E-state index is 12.7. The lowest BCUT2D eigenvalue weighted by molar-refractivity contribution is -0.137. The predicted molar refractivity (Wildman–Crippen MR) is 102 cm³/mol. The lowest BCUT2D eigenvalue weighted by atomic mass is 10.2. The van der Waals surface area contributed by atoms with Crippen molar-refractivity contribution >= 4 is 5.96 Å². The van der Waals surface area contributed by atoms with Crippen LogP contribution in [0.15, 0.2) is 59.6 Å². The molecule has 0 aromatic heterocycles.